The first-order valence-electron chi connectivity index (χ1n) is 10.1. The number of aliphatic hydroxyl groups is 1. The highest BCUT2D eigenvalue weighted by Gasteiger charge is 2.26. The minimum atomic E-state index is -1.14. The van der Waals surface area contributed by atoms with Gasteiger partial charge in [-0.05, 0) is 65.6 Å². The maximum Gasteiger partial charge on any atom is 0.139 e. The molecule has 1 saturated heterocycles. The van der Waals surface area contributed by atoms with Gasteiger partial charge in [0, 0.05) is 18.7 Å². The van der Waals surface area contributed by atoms with E-state index >= 15 is 0 Å². The Morgan fingerprint density at radius 1 is 1.33 bits per heavy atom. The van der Waals surface area contributed by atoms with Crippen molar-refractivity contribution in [3.05, 3.63) is 34.3 Å². The molecule has 5 nitrogen and oxygen atoms in total. The normalized spacial score (nSPS) is 22.4. The van der Waals surface area contributed by atoms with Crippen molar-refractivity contribution in [3.63, 3.8) is 0 Å². The Balaban J connectivity index is 1.55. The SMILES string of the molecule is CC(C)[NH+]1C=c2cccc(C(O)NCC3CCN(CC(C)(C)F)CC3)c2=N1. The zero-order valence-corrected chi connectivity index (χ0v) is 17.0. The fourth-order valence-corrected chi connectivity index (χ4v) is 3.93. The Morgan fingerprint density at radius 2 is 2.04 bits per heavy atom. The highest BCUT2D eigenvalue weighted by molar-refractivity contribution is 5.25. The van der Waals surface area contributed by atoms with Gasteiger partial charge in [-0.15, -0.1) is 0 Å². The predicted octanol–water partition coefficient (Wildman–Crippen LogP) is 0.307. The quantitative estimate of drug-likeness (QED) is 0.600. The van der Waals surface area contributed by atoms with E-state index in [4.69, 9.17) is 5.10 Å². The zero-order chi connectivity index (χ0) is 19.6. The second kappa shape index (κ2) is 8.35. The van der Waals surface area contributed by atoms with Crippen LogP contribution in [0.25, 0.3) is 6.20 Å². The lowest BCUT2D eigenvalue weighted by molar-refractivity contribution is -0.849. The molecule has 0 amide bonds. The number of halogens is 1. The van der Waals surface area contributed by atoms with E-state index in [0.717, 1.165) is 53.6 Å². The van der Waals surface area contributed by atoms with Crippen molar-refractivity contribution in [1.29, 1.82) is 0 Å². The molecule has 0 bridgehead atoms. The largest absolute Gasteiger partial charge is 0.374 e. The molecule has 1 fully saturated rings. The molecule has 2 aliphatic rings. The highest BCUT2D eigenvalue weighted by atomic mass is 19.1. The smallest absolute Gasteiger partial charge is 0.139 e. The number of piperidine rings is 1. The van der Waals surface area contributed by atoms with Crippen molar-refractivity contribution < 1.29 is 14.5 Å². The fraction of sp³-hybridized carbons (Fsp3) is 0.667. The number of hydrogen-bond acceptors (Lipinski definition) is 4. The number of alkyl halides is 1. The zero-order valence-electron chi connectivity index (χ0n) is 17.0. The number of likely N-dealkylation sites (tertiary alicyclic amines) is 1. The van der Waals surface area contributed by atoms with Gasteiger partial charge in [-0.3, -0.25) is 5.32 Å². The summed E-state index contributed by atoms with van der Waals surface area (Å²) >= 11 is 0. The highest BCUT2D eigenvalue weighted by Crippen LogP contribution is 2.20. The van der Waals surface area contributed by atoms with Crippen LogP contribution in [0.5, 0.6) is 0 Å². The molecule has 2 atom stereocenters. The third-order valence-corrected chi connectivity index (χ3v) is 5.44. The van der Waals surface area contributed by atoms with Gasteiger partial charge in [0.1, 0.15) is 29.5 Å². The van der Waals surface area contributed by atoms with Crippen molar-refractivity contribution >= 4 is 6.20 Å². The Labute approximate surface area is 161 Å². The summed E-state index contributed by atoms with van der Waals surface area (Å²) in [6.45, 7) is 10.7. The van der Waals surface area contributed by atoms with Crippen LogP contribution in [0, 0.1) is 5.92 Å². The van der Waals surface area contributed by atoms with E-state index in [1.807, 2.05) is 18.2 Å². The van der Waals surface area contributed by atoms with Gasteiger partial charge in [-0.25, -0.2) is 4.39 Å². The van der Waals surface area contributed by atoms with Crippen molar-refractivity contribution in [2.45, 2.75) is 58.5 Å². The van der Waals surface area contributed by atoms with E-state index in [-0.39, 0.29) is 0 Å². The topological polar surface area (TPSA) is 52.3 Å². The van der Waals surface area contributed by atoms with E-state index in [1.165, 1.54) is 0 Å². The molecule has 1 aromatic rings. The molecule has 27 heavy (non-hydrogen) atoms. The van der Waals surface area contributed by atoms with Gasteiger partial charge in [0.05, 0.1) is 5.22 Å². The number of nitrogens with one attached hydrogen (secondary N) is 2. The van der Waals surface area contributed by atoms with Crippen LogP contribution in [0.4, 0.5) is 4.39 Å². The summed E-state index contributed by atoms with van der Waals surface area (Å²) in [4.78, 5) is 2.20. The Bertz CT molecular complexity index is 750. The van der Waals surface area contributed by atoms with E-state index in [0.29, 0.717) is 18.5 Å². The molecule has 2 aliphatic heterocycles. The molecule has 1 aromatic carbocycles. The molecule has 2 unspecified atom stereocenters. The number of quaternary nitrogens is 1. The Hall–Kier alpha value is -1.34. The molecule has 0 aromatic heterocycles. The van der Waals surface area contributed by atoms with Crippen LogP contribution in [-0.4, -0.2) is 47.9 Å². The summed E-state index contributed by atoms with van der Waals surface area (Å²) in [5.41, 5.74) is -0.294. The second-order valence-electron chi connectivity index (χ2n) is 8.87. The van der Waals surface area contributed by atoms with Crippen LogP contribution in [0.15, 0.2) is 23.3 Å². The van der Waals surface area contributed by atoms with E-state index < -0.39 is 11.9 Å². The Kier molecular flexibility index (Phi) is 6.31. The van der Waals surface area contributed by atoms with Gasteiger partial charge in [0.2, 0.25) is 0 Å². The Morgan fingerprint density at radius 3 is 2.67 bits per heavy atom. The minimum Gasteiger partial charge on any atom is -0.374 e. The molecule has 3 N–H and O–H groups in total. The number of benzene rings is 1. The van der Waals surface area contributed by atoms with Crippen LogP contribution in [-0.2, 0) is 0 Å². The van der Waals surface area contributed by atoms with E-state index in [1.54, 1.807) is 13.8 Å². The lowest BCUT2D eigenvalue weighted by atomic mass is 9.95. The number of rotatable bonds is 7. The summed E-state index contributed by atoms with van der Waals surface area (Å²) in [6, 6.07) is 6.34. The number of para-hydroxylation sites is 1. The summed E-state index contributed by atoms with van der Waals surface area (Å²) in [6.07, 6.45) is 3.46. The summed E-state index contributed by atoms with van der Waals surface area (Å²) in [7, 11) is 0. The fourth-order valence-electron chi connectivity index (χ4n) is 3.93. The first kappa shape index (κ1) is 20.4. The molecule has 0 aliphatic carbocycles. The monoisotopic (exact) mass is 377 g/mol. The maximum absolute atomic E-state index is 13.8. The van der Waals surface area contributed by atoms with Gasteiger partial charge in [-0.2, -0.15) is 5.01 Å². The molecule has 0 spiro atoms. The summed E-state index contributed by atoms with van der Waals surface area (Å²) < 4.78 is 13.8. The summed E-state index contributed by atoms with van der Waals surface area (Å²) in [5, 5.41) is 21.7. The number of nitrogens with zero attached hydrogens (tertiary/aromatic N) is 2. The number of fused-ring (bicyclic) bond motifs is 1. The van der Waals surface area contributed by atoms with E-state index in [9.17, 15) is 9.50 Å². The van der Waals surface area contributed by atoms with Gasteiger partial charge in [0.25, 0.3) is 0 Å². The number of hydrogen-bond donors (Lipinski definition) is 3. The number of aliphatic hydroxyl groups excluding tert-OH is 1. The first-order valence-corrected chi connectivity index (χ1v) is 10.1. The van der Waals surface area contributed by atoms with Crippen LogP contribution < -0.4 is 20.9 Å². The van der Waals surface area contributed by atoms with Crippen molar-refractivity contribution in [1.82, 2.24) is 10.2 Å². The molecule has 3 rings (SSSR count). The van der Waals surface area contributed by atoms with E-state index in [2.05, 4.69) is 30.3 Å². The van der Waals surface area contributed by atoms with Crippen LogP contribution >= 0.6 is 0 Å². The lowest BCUT2D eigenvalue weighted by Crippen LogP contribution is -3.05. The van der Waals surface area contributed by atoms with Crippen LogP contribution in [0.3, 0.4) is 0 Å². The molecule has 2 heterocycles. The average Bonchev–Trinajstić information content (AvgIpc) is 3.04. The van der Waals surface area contributed by atoms with Gasteiger partial charge >= 0.3 is 0 Å². The van der Waals surface area contributed by atoms with Crippen LogP contribution in [0.1, 0.15) is 52.3 Å². The van der Waals surface area contributed by atoms with Crippen molar-refractivity contribution in [2.75, 3.05) is 26.2 Å². The van der Waals surface area contributed by atoms with Crippen LogP contribution in [0.2, 0.25) is 0 Å². The standard InChI is InChI=1S/C21H33FN4O/c1-15(2)26-13-17-6-5-7-18(19(17)24-26)20(27)23-12-16-8-10-25(11-9-16)14-21(3,4)22/h5-7,13,15-16,20,23,27H,8-12,14H2,1-4H3/p+1. The van der Waals surface area contributed by atoms with Gasteiger partial charge in [0.15, 0.2) is 0 Å². The molecular formula is C21H34FN4O+. The molecule has 150 valence electrons. The predicted molar refractivity (Wildman–Crippen MR) is 105 cm³/mol. The molecule has 6 heteroatoms. The lowest BCUT2D eigenvalue weighted by Gasteiger charge is -2.34. The third kappa shape index (κ3) is 5.35. The second-order valence-corrected chi connectivity index (χ2v) is 8.87. The summed E-state index contributed by atoms with van der Waals surface area (Å²) in [5.74, 6) is 0.511. The molecule has 0 radical (unpaired) electrons. The third-order valence-electron chi connectivity index (χ3n) is 5.44. The van der Waals surface area contributed by atoms with Gasteiger partial charge < -0.3 is 10.0 Å². The van der Waals surface area contributed by atoms with Crippen molar-refractivity contribution in [2.24, 2.45) is 11.0 Å². The van der Waals surface area contributed by atoms with Gasteiger partial charge in [-0.1, -0.05) is 17.2 Å². The minimum absolute atomic E-state index is 0.370. The van der Waals surface area contributed by atoms with Crippen molar-refractivity contribution in [3.8, 4) is 0 Å². The maximum atomic E-state index is 13.8. The molecule has 0 saturated carbocycles. The average molecular weight is 378 g/mol. The first-order chi connectivity index (χ1) is 12.7. The molecular weight excluding hydrogens is 343 g/mol.